The van der Waals surface area contributed by atoms with Crippen molar-refractivity contribution in [3.8, 4) is 5.75 Å². The van der Waals surface area contributed by atoms with Gasteiger partial charge in [-0.1, -0.05) is 12.1 Å². The van der Waals surface area contributed by atoms with Gasteiger partial charge in [-0.15, -0.1) is 0 Å². The quantitative estimate of drug-likeness (QED) is 0.352. The van der Waals surface area contributed by atoms with E-state index in [1.54, 1.807) is 19.2 Å². The third-order valence-electron chi connectivity index (χ3n) is 3.71. The lowest BCUT2D eigenvalue weighted by Gasteiger charge is -2.38. The van der Waals surface area contributed by atoms with Gasteiger partial charge in [0.2, 0.25) is 6.29 Å². The number of rotatable bonds is 6. The summed E-state index contributed by atoms with van der Waals surface area (Å²) in [6.07, 6.45) is -9.15. The molecule has 1 aliphatic heterocycles. The Kier molecular flexibility index (Phi) is 6.10. The van der Waals surface area contributed by atoms with E-state index in [2.05, 4.69) is 5.32 Å². The van der Waals surface area contributed by atoms with Crippen molar-refractivity contribution in [2.75, 3.05) is 13.6 Å². The molecule has 1 fully saturated rings. The molecule has 0 bridgehead atoms. The SMILES string of the molecule is CNCC(O)c1cccc(OC2O[C@H](C(=O)O)[C@@H](O)[C@H](O)[C@H]2O)c1. The van der Waals surface area contributed by atoms with Gasteiger partial charge in [-0.3, -0.25) is 0 Å². The first kappa shape index (κ1) is 18.6. The maximum absolute atomic E-state index is 11.1. The van der Waals surface area contributed by atoms with Gasteiger partial charge < -0.3 is 40.3 Å². The summed E-state index contributed by atoms with van der Waals surface area (Å²) in [7, 11) is 1.69. The third-order valence-corrected chi connectivity index (χ3v) is 3.71. The summed E-state index contributed by atoms with van der Waals surface area (Å²) in [5.74, 6) is -1.28. The van der Waals surface area contributed by atoms with Crippen molar-refractivity contribution in [3.05, 3.63) is 29.8 Å². The van der Waals surface area contributed by atoms with Gasteiger partial charge in [-0.25, -0.2) is 4.79 Å². The Hall–Kier alpha value is -1.75. The number of likely N-dealkylation sites (N-methyl/N-ethyl adjacent to an activating group) is 1. The summed E-state index contributed by atoms with van der Waals surface area (Å²) < 4.78 is 10.4. The molecule has 2 rings (SSSR count). The van der Waals surface area contributed by atoms with Gasteiger partial charge in [0.1, 0.15) is 24.1 Å². The number of aliphatic hydroxyl groups excluding tert-OH is 4. The molecule has 1 aliphatic rings. The minimum atomic E-state index is -1.78. The Labute approximate surface area is 138 Å². The van der Waals surface area contributed by atoms with Crippen LogP contribution < -0.4 is 10.1 Å². The summed E-state index contributed by atoms with van der Waals surface area (Å²) in [5.41, 5.74) is 0.544. The number of hydrogen-bond donors (Lipinski definition) is 6. The fraction of sp³-hybridized carbons (Fsp3) is 0.533. The van der Waals surface area contributed by atoms with Crippen LogP contribution in [0.1, 0.15) is 11.7 Å². The summed E-state index contributed by atoms with van der Waals surface area (Å²) >= 11 is 0. The van der Waals surface area contributed by atoms with Gasteiger partial charge in [-0.05, 0) is 24.7 Å². The zero-order valence-corrected chi connectivity index (χ0v) is 12.9. The lowest BCUT2D eigenvalue weighted by Crippen LogP contribution is -2.61. The number of carboxylic acids is 1. The van der Waals surface area contributed by atoms with Crippen LogP contribution in [0, 0.1) is 0 Å². The lowest BCUT2D eigenvalue weighted by atomic mass is 9.99. The fourth-order valence-electron chi connectivity index (χ4n) is 2.39. The topological polar surface area (TPSA) is 149 Å². The van der Waals surface area contributed by atoms with Crippen molar-refractivity contribution in [2.24, 2.45) is 0 Å². The molecule has 0 radical (unpaired) electrons. The highest BCUT2D eigenvalue weighted by atomic mass is 16.7. The molecular weight excluding hydrogens is 322 g/mol. The minimum Gasteiger partial charge on any atom is -0.479 e. The molecule has 0 aliphatic carbocycles. The molecule has 6 atom stereocenters. The Morgan fingerprint density at radius 3 is 2.62 bits per heavy atom. The number of aliphatic hydroxyl groups is 4. The summed E-state index contributed by atoms with van der Waals surface area (Å²) in [6.45, 7) is 0.317. The molecule has 0 saturated carbocycles. The van der Waals surface area contributed by atoms with Crippen LogP contribution in [0.25, 0.3) is 0 Å². The lowest BCUT2D eigenvalue weighted by molar-refractivity contribution is -0.271. The van der Waals surface area contributed by atoms with Crippen LogP contribution in [0.5, 0.6) is 5.75 Å². The first-order valence-electron chi connectivity index (χ1n) is 7.37. The number of hydrogen-bond acceptors (Lipinski definition) is 8. The van der Waals surface area contributed by atoms with Crippen LogP contribution in [0.3, 0.4) is 0 Å². The standard InChI is InChI=1S/C15H21NO8/c1-16-6-9(17)7-3-2-4-8(5-7)23-15-12(20)10(18)11(19)13(24-15)14(21)22/h2-5,9-13,15-20H,6H2,1H3,(H,21,22)/t9?,10-,11-,12+,13-,15?/m0/s1. The van der Waals surface area contributed by atoms with Crippen molar-refractivity contribution >= 4 is 5.97 Å². The van der Waals surface area contributed by atoms with Crippen LogP contribution >= 0.6 is 0 Å². The number of aliphatic carboxylic acids is 1. The molecule has 9 heteroatoms. The third kappa shape index (κ3) is 4.01. The summed E-state index contributed by atoms with van der Waals surface area (Å²) in [5, 5.41) is 51.1. The number of carboxylic acid groups (broad SMARTS) is 1. The second-order valence-electron chi connectivity index (χ2n) is 5.50. The van der Waals surface area contributed by atoms with E-state index in [0.29, 0.717) is 12.1 Å². The van der Waals surface area contributed by atoms with Gasteiger partial charge >= 0.3 is 5.97 Å². The number of nitrogens with one attached hydrogen (secondary N) is 1. The molecule has 134 valence electrons. The Balaban J connectivity index is 2.14. The summed E-state index contributed by atoms with van der Waals surface area (Å²) in [6, 6.07) is 6.31. The Morgan fingerprint density at radius 2 is 2.00 bits per heavy atom. The molecule has 1 heterocycles. The van der Waals surface area contributed by atoms with Crippen molar-refractivity contribution in [2.45, 2.75) is 36.8 Å². The molecule has 0 spiro atoms. The Bertz CT molecular complexity index is 568. The molecular formula is C15H21NO8. The molecule has 1 saturated heterocycles. The fourth-order valence-corrected chi connectivity index (χ4v) is 2.39. The number of carbonyl (C=O) groups is 1. The smallest absolute Gasteiger partial charge is 0.335 e. The highest BCUT2D eigenvalue weighted by molar-refractivity contribution is 5.73. The van der Waals surface area contributed by atoms with Crippen LogP contribution in [-0.4, -0.2) is 75.8 Å². The molecule has 0 amide bonds. The molecule has 24 heavy (non-hydrogen) atoms. The van der Waals surface area contributed by atoms with E-state index >= 15 is 0 Å². The van der Waals surface area contributed by atoms with E-state index in [0.717, 1.165) is 0 Å². The predicted octanol–water partition coefficient (Wildman–Crippen LogP) is -1.79. The van der Waals surface area contributed by atoms with E-state index in [1.165, 1.54) is 12.1 Å². The van der Waals surface area contributed by atoms with Crippen molar-refractivity contribution in [3.63, 3.8) is 0 Å². The molecule has 1 aromatic carbocycles. The van der Waals surface area contributed by atoms with E-state index in [1.807, 2.05) is 0 Å². The van der Waals surface area contributed by atoms with E-state index in [9.17, 15) is 25.2 Å². The monoisotopic (exact) mass is 343 g/mol. The average molecular weight is 343 g/mol. The maximum atomic E-state index is 11.1. The van der Waals surface area contributed by atoms with Gasteiger partial charge in [-0.2, -0.15) is 0 Å². The molecule has 0 aromatic heterocycles. The highest BCUT2D eigenvalue weighted by Crippen LogP contribution is 2.26. The molecule has 1 aromatic rings. The number of ether oxygens (including phenoxy) is 2. The van der Waals surface area contributed by atoms with Crippen LogP contribution in [0.2, 0.25) is 0 Å². The Morgan fingerprint density at radius 1 is 1.29 bits per heavy atom. The zero-order valence-electron chi connectivity index (χ0n) is 12.9. The second kappa shape index (κ2) is 7.88. The first-order valence-corrected chi connectivity index (χ1v) is 7.37. The van der Waals surface area contributed by atoms with Crippen LogP contribution in [0.15, 0.2) is 24.3 Å². The van der Waals surface area contributed by atoms with E-state index in [4.69, 9.17) is 14.6 Å². The highest BCUT2D eigenvalue weighted by Gasteiger charge is 2.48. The van der Waals surface area contributed by atoms with Crippen molar-refractivity contribution in [1.29, 1.82) is 0 Å². The van der Waals surface area contributed by atoms with Crippen LogP contribution in [0.4, 0.5) is 0 Å². The first-order chi connectivity index (χ1) is 11.3. The maximum Gasteiger partial charge on any atom is 0.335 e. The minimum absolute atomic E-state index is 0.208. The van der Waals surface area contributed by atoms with E-state index < -0.39 is 42.8 Å². The predicted molar refractivity (Wildman–Crippen MR) is 80.3 cm³/mol. The van der Waals surface area contributed by atoms with Gasteiger partial charge in [0.25, 0.3) is 0 Å². The van der Waals surface area contributed by atoms with Gasteiger partial charge in [0.15, 0.2) is 6.10 Å². The molecule has 2 unspecified atom stereocenters. The van der Waals surface area contributed by atoms with Crippen LogP contribution in [-0.2, 0) is 9.53 Å². The van der Waals surface area contributed by atoms with Crippen molar-refractivity contribution in [1.82, 2.24) is 5.32 Å². The second-order valence-corrected chi connectivity index (χ2v) is 5.50. The average Bonchev–Trinajstić information content (AvgIpc) is 2.55. The molecule has 6 N–H and O–H groups in total. The van der Waals surface area contributed by atoms with Gasteiger partial charge in [0.05, 0.1) is 6.10 Å². The van der Waals surface area contributed by atoms with E-state index in [-0.39, 0.29) is 5.75 Å². The largest absolute Gasteiger partial charge is 0.479 e. The van der Waals surface area contributed by atoms with Crippen molar-refractivity contribution < 1.29 is 39.8 Å². The number of benzene rings is 1. The zero-order chi connectivity index (χ0) is 17.9. The summed E-state index contributed by atoms with van der Waals surface area (Å²) in [4.78, 5) is 11.1. The van der Waals surface area contributed by atoms with Gasteiger partial charge in [0, 0.05) is 6.54 Å². The molecule has 9 nitrogen and oxygen atoms in total. The normalized spacial score (nSPS) is 31.5.